The number of nitrogens with one attached hydrogen (secondary N) is 1. The van der Waals surface area contributed by atoms with Crippen LogP contribution in [0.3, 0.4) is 0 Å². The van der Waals surface area contributed by atoms with Crippen molar-refractivity contribution in [1.82, 2.24) is 24.5 Å². The second-order valence-corrected chi connectivity index (χ2v) is 8.14. The monoisotopic (exact) mass is 379 g/mol. The van der Waals surface area contributed by atoms with E-state index in [1.807, 2.05) is 18.5 Å². The van der Waals surface area contributed by atoms with E-state index in [1.165, 1.54) is 0 Å². The van der Waals surface area contributed by atoms with E-state index in [4.69, 9.17) is 9.72 Å². The van der Waals surface area contributed by atoms with Crippen LogP contribution >= 0.6 is 0 Å². The van der Waals surface area contributed by atoms with E-state index in [2.05, 4.69) is 43.6 Å². The molecule has 0 bridgehead atoms. The van der Waals surface area contributed by atoms with Crippen molar-refractivity contribution in [3.63, 3.8) is 0 Å². The van der Waals surface area contributed by atoms with Gasteiger partial charge in [0.1, 0.15) is 17.2 Å². The van der Waals surface area contributed by atoms with Crippen molar-refractivity contribution in [2.24, 2.45) is 5.41 Å². The van der Waals surface area contributed by atoms with Gasteiger partial charge in [-0.2, -0.15) is 4.98 Å². The largest absolute Gasteiger partial charge is 0.381 e. The molecule has 28 heavy (non-hydrogen) atoms. The van der Waals surface area contributed by atoms with Crippen LogP contribution in [0.5, 0.6) is 0 Å². The van der Waals surface area contributed by atoms with E-state index in [-0.39, 0.29) is 5.41 Å². The van der Waals surface area contributed by atoms with Crippen molar-refractivity contribution >= 4 is 28.6 Å². The lowest BCUT2D eigenvalue weighted by Crippen LogP contribution is -2.28. The van der Waals surface area contributed by atoms with E-state index >= 15 is 0 Å². The van der Waals surface area contributed by atoms with Crippen molar-refractivity contribution in [1.29, 1.82) is 0 Å². The lowest BCUT2D eigenvalue weighted by molar-refractivity contribution is 0.160. The Bertz CT molecular complexity index is 993. The fourth-order valence-corrected chi connectivity index (χ4v) is 4.19. The maximum absolute atomic E-state index is 5.63. The molecule has 0 radical (unpaired) electrons. The third-order valence-corrected chi connectivity index (χ3v) is 5.82. The van der Waals surface area contributed by atoms with E-state index in [9.17, 15) is 0 Å². The molecule has 8 nitrogen and oxygen atoms in total. The summed E-state index contributed by atoms with van der Waals surface area (Å²) in [4.78, 5) is 20.4. The number of hydrogen-bond donors (Lipinski definition) is 1. The van der Waals surface area contributed by atoms with Crippen LogP contribution in [0.2, 0.25) is 0 Å². The molecule has 1 atom stereocenters. The number of ether oxygens (including phenoxy) is 1. The minimum atomic E-state index is 0.286. The molecule has 3 aromatic rings. The number of anilines is 3. The summed E-state index contributed by atoms with van der Waals surface area (Å²) in [6, 6.07) is 4.23. The van der Waals surface area contributed by atoms with Gasteiger partial charge in [0.05, 0.1) is 24.6 Å². The van der Waals surface area contributed by atoms with Crippen LogP contribution in [0, 0.1) is 5.41 Å². The number of pyridine rings is 1. The maximum Gasteiger partial charge on any atom is 0.227 e. The topological polar surface area (TPSA) is 81.0 Å². The van der Waals surface area contributed by atoms with Crippen LogP contribution in [0.1, 0.15) is 32.7 Å². The van der Waals surface area contributed by atoms with E-state index in [0.717, 1.165) is 67.8 Å². The molecule has 3 aromatic heterocycles. The molecule has 1 N–H and O–H groups in total. The molecule has 0 aliphatic carbocycles. The predicted octanol–water partition coefficient (Wildman–Crippen LogP) is 3.16. The highest BCUT2D eigenvalue weighted by atomic mass is 16.5. The molecule has 2 saturated heterocycles. The normalized spacial score (nSPS) is 22.0. The van der Waals surface area contributed by atoms with Crippen molar-refractivity contribution < 1.29 is 4.74 Å². The summed E-state index contributed by atoms with van der Waals surface area (Å²) in [5.41, 5.74) is 2.24. The Labute approximate surface area is 164 Å². The summed E-state index contributed by atoms with van der Waals surface area (Å²) in [5.74, 6) is 2.26. The third kappa shape index (κ3) is 3.07. The smallest absolute Gasteiger partial charge is 0.227 e. The molecule has 2 fully saturated rings. The summed E-state index contributed by atoms with van der Waals surface area (Å²) < 4.78 is 7.77. The lowest BCUT2D eigenvalue weighted by atomic mass is 9.87. The van der Waals surface area contributed by atoms with Crippen molar-refractivity contribution in [3.8, 4) is 0 Å². The van der Waals surface area contributed by atoms with Crippen LogP contribution in [-0.4, -0.2) is 50.8 Å². The molecule has 5 heterocycles. The first-order valence-corrected chi connectivity index (χ1v) is 9.87. The Morgan fingerprint density at radius 1 is 1.18 bits per heavy atom. The molecule has 0 unspecified atom stereocenters. The average Bonchev–Trinajstić information content (AvgIpc) is 3.43. The molecule has 2 aliphatic heterocycles. The summed E-state index contributed by atoms with van der Waals surface area (Å²) in [6.07, 6.45) is 7.74. The Kier molecular flexibility index (Phi) is 4.16. The fraction of sp³-hybridized carbons (Fsp3) is 0.500. The Balaban J connectivity index is 1.37. The van der Waals surface area contributed by atoms with Crippen molar-refractivity contribution in [2.45, 2.75) is 32.7 Å². The van der Waals surface area contributed by atoms with Crippen LogP contribution < -0.4 is 10.2 Å². The van der Waals surface area contributed by atoms with Gasteiger partial charge < -0.3 is 19.5 Å². The highest BCUT2D eigenvalue weighted by Crippen LogP contribution is 2.39. The second kappa shape index (κ2) is 6.70. The van der Waals surface area contributed by atoms with Gasteiger partial charge in [0.15, 0.2) is 0 Å². The van der Waals surface area contributed by atoms with Gasteiger partial charge in [0.2, 0.25) is 5.95 Å². The number of aromatic nitrogens is 5. The summed E-state index contributed by atoms with van der Waals surface area (Å²) >= 11 is 0. The van der Waals surface area contributed by atoms with E-state index in [0.29, 0.717) is 6.04 Å². The van der Waals surface area contributed by atoms with Crippen molar-refractivity contribution in [3.05, 3.63) is 30.9 Å². The van der Waals surface area contributed by atoms with Gasteiger partial charge in [-0.05, 0) is 32.8 Å². The second-order valence-electron chi connectivity index (χ2n) is 8.14. The molecule has 5 rings (SSSR count). The molecular formula is C20H25N7O. The molecule has 2 aliphatic rings. The molecular weight excluding hydrogens is 354 g/mol. The third-order valence-electron chi connectivity index (χ3n) is 5.82. The molecule has 0 amide bonds. The molecule has 146 valence electrons. The minimum absolute atomic E-state index is 0.286. The van der Waals surface area contributed by atoms with Gasteiger partial charge in [0, 0.05) is 43.4 Å². The number of rotatable bonds is 4. The minimum Gasteiger partial charge on any atom is -0.381 e. The Morgan fingerprint density at radius 2 is 2.11 bits per heavy atom. The van der Waals surface area contributed by atoms with Crippen LogP contribution in [0.4, 0.5) is 17.6 Å². The number of nitrogens with zero attached hydrogens (tertiary/aromatic N) is 6. The van der Waals surface area contributed by atoms with Gasteiger partial charge in [-0.3, -0.25) is 0 Å². The van der Waals surface area contributed by atoms with Crippen LogP contribution in [0.15, 0.2) is 30.9 Å². The maximum atomic E-state index is 5.63. The fourth-order valence-electron chi connectivity index (χ4n) is 4.19. The molecule has 8 heteroatoms. The zero-order valence-corrected chi connectivity index (χ0v) is 16.3. The first kappa shape index (κ1) is 17.4. The van der Waals surface area contributed by atoms with Gasteiger partial charge in [0.25, 0.3) is 0 Å². The number of hydrogen-bond acceptors (Lipinski definition) is 7. The van der Waals surface area contributed by atoms with E-state index < -0.39 is 0 Å². The summed E-state index contributed by atoms with van der Waals surface area (Å²) in [7, 11) is 0. The number of imidazole rings is 1. The zero-order chi connectivity index (χ0) is 19.1. The van der Waals surface area contributed by atoms with Crippen molar-refractivity contribution in [2.75, 3.05) is 36.5 Å². The van der Waals surface area contributed by atoms with Crippen LogP contribution in [-0.2, 0) is 4.74 Å². The highest BCUT2D eigenvalue weighted by molar-refractivity contribution is 5.78. The Morgan fingerprint density at radius 3 is 2.93 bits per heavy atom. The Hall–Kier alpha value is -2.74. The lowest BCUT2D eigenvalue weighted by Gasteiger charge is -2.22. The zero-order valence-electron chi connectivity index (χ0n) is 16.3. The van der Waals surface area contributed by atoms with E-state index in [1.54, 1.807) is 12.4 Å². The first-order chi connectivity index (χ1) is 13.6. The summed E-state index contributed by atoms with van der Waals surface area (Å²) in [6.45, 7) is 7.96. The molecule has 0 aromatic carbocycles. The molecule has 0 saturated carbocycles. The van der Waals surface area contributed by atoms with Crippen LogP contribution in [0.25, 0.3) is 11.0 Å². The first-order valence-electron chi connectivity index (χ1n) is 9.87. The average molecular weight is 379 g/mol. The summed E-state index contributed by atoms with van der Waals surface area (Å²) in [5, 5.41) is 3.32. The van der Waals surface area contributed by atoms with Gasteiger partial charge in [-0.1, -0.05) is 0 Å². The number of fused-ring (bicyclic) bond motifs is 1. The standard InChI is InChI=1S/C20H25N7O/c1-14(2)27-13-23-15-10-22-18(9-16(15)27)24-17-3-6-21-19(25-17)26-7-4-20(11-26)5-8-28-12-20/h3,6,9-10,13-14H,4-5,7-8,11-12H2,1-2H3,(H,21,22,24,25)/t20-/m1/s1. The quantitative estimate of drug-likeness (QED) is 0.746. The highest BCUT2D eigenvalue weighted by Gasteiger charge is 2.42. The van der Waals surface area contributed by atoms with Gasteiger partial charge in [-0.15, -0.1) is 0 Å². The van der Waals surface area contributed by atoms with Gasteiger partial charge in [-0.25, -0.2) is 15.0 Å². The predicted molar refractivity (Wildman–Crippen MR) is 108 cm³/mol. The van der Waals surface area contributed by atoms with Gasteiger partial charge >= 0.3 is 0 Å². The SMILES string of the molecule is CC(C)n1cnc2cnc(Nc3ccnc(N4CC[C@@]5(CCOC5)C4)n3)cc21. The molecule has 1 spiro atoms.